The van der Waals surface area contributed by atoms with Crippen LogP contribution in [0.4, 0.5) is 0 Å². The predicted molar refractivity (Wildman–Crippen MR) is 51.3 cm³/mol. The number of furan rings is 1. The third-order valence-electron chi connectivity index (χ3n) is 2.51. The maximum Gasteiger partial charge on any atom is 0.226 e. The maximum atomic E-state index is 11.8. The molecule has 0 bridgehead atoms. The zero-order chi connectivity index (χ0) is 10.1. The largest absolute Gasteiger partial charge is 0.458 e. The van der Waals surface area contributed by atoms with E-state index in [1.807, 2.05) is 13.8 Å². The lowest BCUT2D eigenvalue weighted by Gasteiger charge is -2.07. The molecule has 0 spiro atoms. The molecular weight excluding hydrogens is 180 g/mol. The van der Waals surface area contributed by atoms with Gasteiger partial charge in [-0.05, 0) is 38.8 Å². The quantitative estimate of drug-likeness (QED) is 0.678. The summed E-state index contributed by atoms with van der Waals surface area (Å²) in [6.45, 7) is 3.82. The molecule has 3 nitrogen and oxygen atoms in total. The summed E-state index contributed by atoms with van der Waals surface area (Å²) < 4.78 is 10.7. The number of hydrogen-bond donors (Lipinski definition) is 0. The van der Waals surface area contributed by atoms with Gasteiger partial charge in [-0.1, -0.05) is 0 Å². The van der Waals surface area contributed by atoms with E-state index in [-0.39, 0.29) is 18.0 Å². The van der Waals surface area contributed by atoms with Crippen LogP contribution in [-0.2, 0) is 4.74 Å². The highest BCUT2D eigenvalue weighted by Crippen LogP contribution is 2.23. The highest BCUT2D eigenvalue weighted by molar-refractivity contribution is 5.97. The smallest absolute Gasteiger partial charge is 0.226 e. The lowest BCUT2D eigenvalue weighted by Crippen LogP contribution is -2.20. The number of hydrogen-bond acceptors (Lipinski definition) is 3. The van der Waals surface area contributed by atoms with E-state index < -0.39 is 0 Å². The second-order valence-electron chi connectivity index (χ2n) is 3.79. The van der Waals surface area contributed by atoms with Crippen LogP contribution in [0.5, 0.6) is 0 Å². The van der Waals surface area contributed by atoms with Gasteiger partial charge in [-0.3, -0.25) is 4.79 Å². The van der Waals surface area contributed by atoms with Crippen LogP contribution < -0.4 is 0 Å². The van der Waals surface area contributed by atoms with Crippen molar-refractivity contribution in [2.75, 3.05) is 0 Å². The molecule has 0 aliphatic carbocycles. The van der Waals surface area contributed by atoms with Gasteiger partial charge in [-0.2, -0.15) is 0 Å². The molecule has 1 fully saturated rings. The van der Waals surface area contributed by atoms with Gasteiger partial charge in [0, 0.05) is 0 Å². The SMILES string of the molecule is Cc1ccc(C(=O)C2CCC(C)O2)o1. The second kappa shape index (κ2) is 3.58. The van der Waals surface area contributed by atoms with Crippen LogP contribution in [0.25, 0.3) is 0 Å². The number of ketones is 1. The maximum absolute atomic E-state index is 11.8. The lowest BCUT2D eigenvalue weighted by atomic mass is 10.1. The van der Waals surface area contributed by atoms with Gasteiger partial charge in [-0.25, -0.2) is 0 Å². The molecule has 2 atom stereocenters. The summed E-state index contributed by atoms with van der Waals surface area (Å²) in [5.41, 5.74) is 0. The first kappa shape index (κ1) is 9.46. The third kappa shape index (κ3) is 1.73. The molecule has 1 aromatic rings. The molecule has 14 heavy (non-hydrogen) atoms. The fourth-order valence-corrected chi connectivity index (χ4v) is 1.72. The van der Waals surface area contributed by atoms with E-state index in [0.717, 1.165) is 18.6 Å². The van der Waals surface area contributed by atoms with Crippen molar-refractivity contribution >= 4 is 5.78 Å². The molecule has 3 heteroatoms. The Hall–Kier alpha value is -1.09. The summed E-state index contributed by atoms with van der Waals surface area (Å²) in [5.74, 6) is 1.16. The highest BCUT2D eigenvalue weighted by Gasteiger charge is 2.30. The number of ether oxygens (including phenoxy) is 1. The van der Waals surface area contributed by atoms with Gasteiger partial charge in [0.1, 0.15) is 11.9 Å². The molecule has 1 saturated heterocycles. The molecule has 0 radical (unpaired) electrons. The van der Waals surface area contributed by atoms with Crippen molar-refractivity contribution in [2.24, 2.45) is 0 Å². The Bertz CT molecular complexity index is 340. The van der Waals surface area contributed by atoms with E-state index in [1.54, 1.807) is 12.1 Å². The minimum absolute atomic E-state index is 0.0255. The van der Waals surface area contributed by atoms with E-state index in [4.69, 9.17) is 9.15 Å². The van der Waals surface area contributed by atoms with Crippen molar-refractivity contribution in [1.82, 2.24) is 0 Å². The van der Waals surface area contributed by atoms with Crippen LogP contribution in [0.15, 0.2) is 16.5 Å². The zero-order valence-corrected chi connectivity index (χ0v) is 8.45. The number of carbonyl (C=O) groups is 1. The molecule has 76 valence electrons. The third-order valence-corrected chi connectivity index (χ3v) is 2.51. The van der Waals surface area contributed by atoms with Gasteiger partial charge in [0.15, 0.2) is 5.76 Å². The molecule has 1 aliphatic rings. The first-order chi connectivity index (χ1) is 6.66. The predicted octanol–water partition coefficient (Wildman–Crippen LogP) is 2.34. The highest BCUT2D eigenvalue weighted by atomic mass is 16.5. The average molecular weight is 194 g/mol. The van der Waals surface area contributed by atoms with Crippen LogP contribution in [0.1, 0.15) is 36.1 Å². The Balaban J connectivity index is 2.09. The Labute approximate surface area is 83.0 Å². The van der Waals surface area contributed by atoms with Crippen molar-refractivity contribution in [1.29, 1.82) is 0 Å². The van der Waals surface area contributed by atoms with Gasteiger partial charge < -0.3 is 9.15 Å². The summed E-state index contributed by atoms with van der Waals surface area (Å²) in [7, 11) is 0. The molecule has 0 amide bonds. The van der Waals surface area contributed by atoms with Crippen LogP contribution in [0, 0.1) is 6.92 Å². The normalized spacial score (nSPS) is 26.7. The molecule has 2 heterocycles. The van der Waals surface area contributed by atoms with Crippen LogP contribution in [0.3, 0.4) is 0 Å². The van der Waals surface area contributed by atoms with Gasteiger partial charge in [-0.15, -0.1) is 0 Å². The van der Waals surface area contributed by atoms with Gasteiger partial charge in [0.2, 0.25) is 5.78 Å². The van der Waals surface area contributed by atoms with Crippen LogP contribution in [0.2, 0.25) is 0 Å². The number of aryl methyl sites for hydroxylation is 1. The number of rotatable bonds is 2. The topological polar surface area (TPSA) is 39.4 Å². The Kier molecular flexibility index (Phi) is 2.42. The average Bonchev–Trinajstić information content (AvgIpc) is 2.73. The molecule has 0 N–H and O–H groups in total. The standard InChI is InChI=1S/C11H14O3/c1-7-3-5-9(13-7)11(12)10-6-4-8(2)14-10/h3,5,8,10H,4,6H2,1-2H3. The van der Waals surface area contributed by atoms with E-state index in [9.17, 15) is 4.79 Å². The van der Waals surface area contributed by atoms with Gasteiger partial charge >= 0.3 is 0 Å². The summed E-state index contributed by atoms with van der Waals surface area (Å²) in [6.07, 6.45) is 1.66. The number of carbonyl (C=O) groups excluding carboxylic acids is 1. The summed E-state index contributed by atoms with van der Waals surface area (Å²) in [5, 5.41) is 0. The van der Waals surface area contributed by atoms with Crippen molar-refractivity contribution in [3.05, 3.63) is 23.7 Å². The second-order valence-corrected chi connectivity index (χ2v) is 3.79. The van der Waals surface area contributed by atoms with Crippen molar-refractivity contribution < 1.29 is 13.9 Å². The monoisotopic (exact) mass is 194 g/mol. The zero-order valence-electron chi connectivity index (χ0n) is 8.45. The van der Waals surface area contributed by atoms with E-state index >= 15 is 0 Å². The molecule has 1 aliphatic heterocycles. The Morgan fingerprint density at radius 2 is 2.21 bits per heavy atom. The van der Waals surface area contributed by atoms with E-state index in [0.29, 0.717) is 5.76 Å². The Morgan fingerprint density at radius 1 is 1.43 bits per heavy atom. The fraction of sp³-hybridized carbons (Fsp3) is 0.545. The molecular formula is C11H14O3. The van der Waals surface area contributed by atoms with Crippen molar-refractivity contribution in [3.8, 4) is 0 Å². The van der Waals surface area contributed by atoms with Crippen molar-refractivity contribution in [2.45, 2.75) is 38.9 Å². The molecule has 0 aromatic carbocycles. The minimum Gasteiger partial charge on any atom is -0.458 e. The van der Waals surface area contributed by atoms with E-state index in [1.165, 1.54) is 0 Å². The van der Waals surface area contributed by atoms with Gasteiger partial charge in [0.25, 0.3) is 0 Å². The molecule has 0 saturated carbocycles. The number of Topliss-reactive ketones (excluding diaryl/α,β-unsaturated/α-hetero) is 1. The van der Waals surface area contributed by atoms with Crippen LogP contribution >= 0.6 is 0 Å². The van der Waals surface area contributed by atoms with Crippen LogP contribution in [-0.4, -0.2) is 18.0 Å². The Morgan fingerprint density at radius 3 is 2.71 bits per heavy atom. The fourth-order valence-electron chi connectivity index (χ4n) is 1.72. The molecule has 2 rings (SSSR count). The first-order valence-electron chi connectivity index (χ1n) is 4.93. The summed E-state index contributed by atoms with van der Waals surface area (Å²) >= 11 is 0. The first-order valence-corrected chi connectivity index (χ1v) is 4.93. The summed E-state index contributed by atoms with van der Waals surface area (Å²) in [6, 6.07) is 3.51. The lowest BCUT2D eigenvalue weighted by molar-refractivity contribution is 0.0410. The molecule has 1 aromatic heterocycles. The van der Waals surface area contributed by atoms with Gasteiger partial charge in [0.05, 0.1) is 6.10 Å². The van der Waals surface area contributed by atoms with E-state index in [2.05, 4.69) is 0 Å². The minimum atomic E-state index is -0.296. The van der Waals surface area contributed by atoms with Crippen molar-refractivity contribution in [3.63, 3.8) is 0 Å². The summed E-state index contributed by atoms with van der Waals surface area (Å²) in [4.78, 5) is 11.8. The molecule has 2 unspecified atom stereocenters.